The molecule has 15 heavy (non-hydrogen) atoms. The zero-order valence-corrected chi connectivity index (χ0v) is 9.71. The monoisotopic (exact) mass is 202 g/mol. The molecule has 0 amide bonds. The molecule has 0 aliphatic heterocycles. The highest BCUT2D eigenvalue weighted by Gasteiger charge is 2.05. The number of hydrogen-bond acceptors (Lipinski definition) is 1. The van der Waals surface area contributed by atoms with Gasteiger partial charge in [-0.3, -0.25) is 0 Å². The average Bonchev–Trinajstić information content (AvgIpc) is 2.17. The van der Waals surface area contributed by atoms with E-state index in [1.807, 2.05) is 13.0 Å². The van der Waals surface area contributed by atoms with Crippen LogP contribution in [0.2, 0.25) is 0 Å². The van der Waals surface area contributed by atoms with Gasteiger partial charge in [-0.25, -0.2) is 0 Å². The van der Waals surface area contributed by atoms with Crippen LogP contribution in [0, 0.1) is 13.8 Å². The van der Waals surface area contributed by atoms with E-state index in [2.05, 4.69) is 38.6 Å². The first-order valence-corrected chi connectivity index (χ1v) is 5.16. The fourth-order valence-corrected chi connectivity index (χ4v) is 1.63. The molecule has 0 N–H and O–H groups in total. The average molecular weight is 202 g/mol. The molecule has 0 spiro atoms. The summed E-state index contributed by atoms with van der Waals surface area (Å²) in [6.07, 6.45) is 5.85. The summed E-state index contributed by atoms with van der Waals surface area (Å²) in [6, 6.07) is 4.26. The summed E-state index contributed by atoms with van der Waals surface area (Å²) in [5, 5.41) is 0. The minimum absolute atomic E-state index is 0.550. The van der Waals surface area contributed by atoms with Crippen LogP contribution >= 0.6 is 0 Å². The van der Waals surface area contributed by atoms with Crippen molar-refractivity contribution in [1.29, 1.82) is 0 Å². The van der Waals surface area contributed by atoms with Crippen LogP contribution in [0.4, 0.5) is 0 Å². The van der Waals surface area contributed by atoms with Crippen LogP contribution in [0.3, 0.4) is 0 Å². The Morgan fingerprint density at radius 2 is 2.07 bits per heavy atom. The third kappa shape index (κ3) is 2.98. The van der Waals surface area contributed by atoms with Gasteiger partial charge in [-0.2, -0.15) is 0 Å². The van der Waals surface area contributed by atoms with Crippen molar-refractivity contribution in [3.8, 4) is 5.75 Å². The molecule has 0 atom stereocenters. The Labute approximate surface area is 92.1 Å². The first-order chi connectivity index (χ1) is 7.19. The number of allylic oxidation sites excluding steroid dienone is 1. The van der Waals surface area contributed by atoms with E-state index in [0.717, 1.165) is 11.3 Å². The molecule has 1 heteroatoms. The van der Waals surface area contributed by atoms with E-state index in [1.54, 1.807) is 6.08 Å². The molecular formula is C14H18O. The number of rotatable bonds is 4. The lowest BCUT2D eigenvalue weighted by Crippen LogP contribution is -1.98. The predicted molar refractivity (Wildman–Crippen MR) is 66.3 cm³/mol. The molecule has 0 radical (unpaired) electrons. The van der Waals surface area contributed by atoms with Gasteiger partial charge < -0.3 is 4.74 Å². The maximum absolute atomic E-state index is 5.66. The molecule has 1 aromatic rings. The van der Waals surface area contributed by atoms with Gasteiger partial charge in [-0.1, -0.05) is 36.4 Å². The van der Waals surface area contributed by atoms with Crippen molar-refractivity contribution in [2.45, 2.75) is 20.8 Å². The summed E-state index contributed by atoms with van der Waals surface area (Å²) in [4.78, 5) is 0. The SMILES string of the molecule is C=CCOc1c(C)cc(C)cc1/C=C/C. The second-order valence-corrected chi connectivity index (χ2v) is 3.60. The molecule has 1 aromatic carbocycles. The van der Waals surface area contributed by atoms with E-state index < -0.39 is 0 Å². The summed E-state index contributed by atoms with van der Waals surface area (Å²) in [7, 11) is 0. The molecule has 0 saturated heterocycles. The van der Waals surface area contributed by atoms with Crippen LogP contribution in [-0.2, 0) is 0 Å². The quantitative estimate of drug-likeness (QED) is 0.673. The van der Waals surface area contributed by atoms with Crippen LogP contribution in [-0.4, -0.2) is 6.61 Å². The summed E-state index contributed by atoms with van der Waals surface area (Å²) < 4.78 is 5.66. The lowest BCUT2D eigenvalue weighted by molar-refractivity contribution is 0.360. The molecule has 0 saturated carbocycles. The van der Waals surface area contributed by atoms with Crippen molar-refractivity contribution >= 4 is 6.08 Å². The molecule has 0 aliphatic rings. The van der Waals surface area contributed by atoms with Gasteiger partial charge in [0.2, 0.25) is 0 Å². The predicted octanol–water partition coefficient (Wildman–Crippen LogP) is 3.90. The van der Waals surface area contributed by atoms with Crippen LogP contribution in [0.1, 0.15) is 23.6 Å². The highest BCUT2D eigenvalue weighted by molar-refractivity contribution is 5.60. The summed E-state index contributed by atoms with van der Waals surface area (Å²) in [5.74, 6) is 0.957. The maximum atomic E-state index is 5.66. The van der Waals surface area contributed by atoms with Gasteiger partial charge in [0.15, 0.2) is 0 Å². The Morgan fingerprint density at radius 3 is 2.67 bits per heavy atom. The standard InChI is InChI=1S/C14H18O/c1-5-7-13-10-11(3)9-12(4)14(13)15-8-6-2/h5-7,9-10H,2,8H2,1,3-4H3/b7-5+. The van der Waals surface area contributed by atoms with Gasteiger partial charge in [0.05, 0.1) is 0 Å². The summed E-state index contributed by atoms with van der Waals surface area (Å²) in [6.45, 7) is 10.4. The zero-order valence-electron chi connectivity index (χ0n) is 9.71. The topological polar surface area (TPSA) is 9.23 Å². The van der Waals surface area contributed by atoms with Gasteiger partial charge in [-0.15, -0.1) is 0 Å². The van der Waals surface area contributed by atoms with Gasteiger partial charge in [-0.05, 0) is 32.4 Å². The first-order valence-electron chi connectivity index (χ1n) is 5.16. The van der Waals surface area contributed by atoms with Crippen molar-refractivity contribution in [2.75, 3.05) is 6.61 Å². The second kappa shape index (κ2) is 5.40. The third-order valence-corrected chi connectivity index (χ3v) is 2.14. The summed E-state index contributed by atoms with van der Waals surface area (Å²) in [5.41, 5.74) is 3.56. The summed E-state index contributed by atoms with van der Waals surface area (Å²) >= 11 is 0. The van der Waals surface area contributed by atoms with Crippen LogP contribution in [0.25, 0.3) is 6.08 Å². The smallest absolute Gasteiger partial charge is 0.129 e. The highest BCUT2D eigenvalue weighted by Crippen LogP contribution is 2.26. The number of ether oxygens (including phenoxy) is 1. The lowest BCUT2D eigenvalue weighted by atomic mass is 10.1. The molecular weight excluding hydrogens is 184 g/mol. The van der Waals surface area contributed by atoms with Crippen molar-refractivity contribution in [2.24, 2.45) is 0 Å². The first kappa shape index (κ1) is 11.6. The van der Waals surface area contributed by atoms with Crippen LogP contribution in [0.15, 0.2) is 30.9 Å². The van der Waals surface area contributed by atoms with E-state index in [4.69, 9.17) is 4.74 Å². The lowest BCUT2D eigenvalue weighted by Gasteiger charge is -2.11. The molecule has 1 rings (SSSR count). The van der Waals surface area contributed by atoms with E-state index in [1.165, 1.54) is 11.1 Å². The van der Waals surface area contributed by atoms with Crippen LogP contribution < -0.4 is 4.74 Å². The Bertz CT molecular complexity index is 375. The Balaban J connectivity index is 3.13. The van der Waals surface area contributed by atoms with E-state index in [0.29, 0.717) is 6.61 Å². The van der Waals surface area contributed by atoms with Crippen molar-refractivity contribution in [3.63, 3.8) is 0 Å². The third-order valence-electron chi connectivity index (χ3n) is 2.14. The Hall–Kier alpha value is -1.50. The molecule has 0 heterocycles. The van der Waals surface area contributed by atoms with Gasteiger partial charge in [0.25, 0.3) is 0 Å². The highest BCUT2D eigenvalue weighted by atomic mass is 16.5. The van der Waals surface area contributed by atoms with E-state index >= 15 is 0 Å². The molecule has 1 nitrogen and oxygen atoms in total. The molecule has 0 aliphatic carbocycles. The van der Waals surface area contributed by atoms with Gasteiger partial charge in [0.1, 0.15) is 12.4 Å². The van der Waals surface area contributed by atoms with Gasteiger partial charge in [0, 0.05) is 5.56 Å². The van der Waals surface area contributed by atoms with E-state index in [-0.39, 0.29) is 0 Å². The van der Waals surface area contributed by atoms with Crippen molar-refractivity contribution in [3.05, 3.63) is 47.6 Å². The fraction of sp³-hybridized carbons (Fsp3) is 0.286. The molecule has 0 unspecified atom stereocenters. The normalized spacial score (nSPS) is 10.6. The largest absolute Gasteiger partial charge is 0.489 e. The molecule has 0 bridgehead atoms. The maximum Gasteiger partial charge on any atom is 0.129 e. The van der Waals surface area contributed by atoms with Crippen molar-refractivity contribution in [1.82, 2.24) is 0 Å². The van der Waals surface area contributed by atoms with Crippen LogP contribution in [0.5, 0.6) is 5.75 Å². The van der Waals surface area contributed by atoms with Crippen molar-refractivity contribution < 1.29 is 4.74 Å². The minimum atomic E-state index is 0.550. The Kier molecular flexibility index (Phi) is 4.17. The van der Waals surface area contributed by atoms with Gasteiger partial charge >= 0.3 is 0 Å². The minimum Gasteiger partial charge on any atom is -0.489 e. The number of benzene rings is 1. The second-order valence-electron chi connectivity index (χ2n) is 3.60. The zero-order chi connectivity index (χ0) is 11.3. The molecule has 80 valence electrons. The van der Waals surface area contributed by atoms with E-state index in [9.17, 15) is 0 Å². The fourth-order valence-electron chi connectivity index (χ4n) is 1.63. The Morgan fingerprint density at radius 1 is 1.33 bits per heavy atom. The molecule has 0 fully saturated rings. The number of aryl methyl sites for hydroxylation is 2. The molecule has 0 aromatic heterocycles. The number of hydrogen-bond donors (Lipinski definition) is 0.